The first-order valence-corrected chi connectivity index (χ1v) is 6.95. The van der Waals surface area contributed by atoms with Crippen LogP contribution in [-0.2, 0) is 4.74 Å². The summed E-state index contributed by atoms with van der Waals surface area (Å²) in [6, 6.07) is 4.54. The fourth-order valence-electron chi connectivity index (χ4n) is 1.42. The normalized spacial score (nSPS) is 12.2. The minimum atomic E-state index is 0.260. The molecule has 0 spiro atoms. The van der Waals surface area contributed by atoms with Crippen LogP contribution in [0.15, 0.2) is 12.1 Å². The molecule has 17 heavy (non-hydrogen) atoms. The van der Waals surface area contributed by atoms with E-state index < -0.39 is 0 Å². The summed E-state index contributed by atoms with van der Waals surface area (Å²) in [5, 5.41) is 7.15. The van der Waals surface area contributed by atoms with Crippen LogP contribution in [0.25, 0.3) is 0 Å². The Morgan fingerprint density at radius 1 is 1.53 bits per heavy atom. The molecule has 2 N–H and O–H groups in total. The fraction of sp³-hybridized carbons (Fsp3) is 0.583. The summed E-state index contributed by atoms with van der Waals surface area (Å²) in [4.78, 5) is 2.64. The Kier molecular flexibility index (Phi) is 6.47. The van der Waals surface area contributed by atoms with Crippen molar-refractivity contribution in [1.82, 2.24) is 10.6 Å². The third kappa shape index (κ3) is 5.48. The van der Waals surface area contributed by atoms with Crippen LogP contribution >= 0.6 is 23.6 Å². The smallest absolute Gasteiger partial charge is 0.166 e. The molecule has 1 rings (SSSR count). The first kappa shape index (κ1) is 14.4. The van der Waals surface area contributed by atoms with Crippen LogP contribution < -0.4 is 10.6 Å². The van der Waals surface area contributed by atoms with Gasteiger partial charge in [-0.3, -0.25) is 0 Å². The molecule has 0 aliphatic heterocycles. The first-order chi connectivity index (χ1) is 8.13. The third-order valence-corrected chi connectivity index (χ3v) is 3.79. The van der Waals surface area contributed by atoms with Gasteiger partial charge in [-0.1, -0.05) is 0 Å². The molecule has 96 valence electrons. The molecular weight excluding hydrogens is 252 g/mol. The van der Waals surface area contributed by atoms with Gasteiger partial charge < -0.3 is 15.4 Å². The molecule has 3 nitrogen and oxygen atoms in total. The number of hydrogen-bond acceptors (Lipinski definition) is 3. The van der Waals surface area contributed by atoms with E-state index in [0.717, 1.165) is 19.6 Å². The molecule has 1 unspecified atom stereocenters. The van der Waals surface area contributed by atoms with E-state index in [-0.39, 0.29) is 6.04 Å². The molecule has 0 bridgehead atoms. The van der Waals surface area contributed by atoms with Crippen molar-refractivity contribution in [3.8, 4) is 0 Å². The SMILES string of the molecule is COCCCNC(=S)NC(C)c1ccc(C)s1. The van der Waals surface area contributed by atoms with E-state index in [4.69, 9.17) is 17.0 Å². The van der Waals surface area contributed by atoms with Crippen LogP contribution in [0, 0.1) is 6.92 Å². The minimum absolute atomic E-state index is 0.260. The van der Waals surface area contributed by atoms with Crippen LogP contribution in [0.4, 0.5) is 0 Å². The molecule has 0 radical (unpaired) electrons. The molecular formula is C12H20N2OS2. The summed E-state index contributed by atoms with van der Waals surface area (Å²) in [5.41, 5.74) is 0. The molecule has 1 heterocycles. The highest BCUT2D eigenvalue weighted by molar-refractivity contribution is 7.80. The van der Waals surface area contributed by atoms with Crippen molar-refractivity contribution in [2.75, 3.05) is 20.3 Å². The van der Waals surface area contributed by atoms with Gasteiger partial charge in [0.05, 0.1) is 6.04 Å². The van der Waals surface area contributed by atoms with Gasteiger partial charge in [-0.25, -0.2) is 0 Å². The number of ether oxygens (including phenoxy) is 1. The summed E-state index contributed by atoms with van der Waals surface area (Å²) in [6.45, 7) is 5.84. The molecule has 0 fully saturated rings. The zero-order valence-electron chi connectivity index (χ0n) is 10.6. The topological polar surface area (TPSA) is 33.3 Å². The lowest BCUT2D eigenvalue weighted by Crippen LogP contribution is -2.37. The number of methoxy groups -OCH3 is 1. The average Bonchev–Trinajstić information content (AvgIpc) is 2.71. The molecule has 0 saturated heterocycles. The monoisotopic (exact) mass is 272 g/mol. The van der Waals surface area contributed by atoms with E-state index in [1.807, 2.05) is 0 Å². The van der Waals surface area contributed by atoms with Gasteiger partial charge in [0.15, 0.2) is 5.11 Å². The average molecular weight is 272 g/mol. The van der Waals surface area contributed by atoms with Crippen LogP contribution in [0.5, 0.6) is 0 Å². The highest BCUT2D eigenvalue weighted by Crippen LogP contribution is 2.21. The van der Waals surface area contributed by atoms with Gasteiger partial charge in [0.25, 0.3) is 0 Å². The van der Waals surface area contributed by atoms with Gasteiger partial charge in [-0.15, -0.1) is 11.3 Å². The fourth-order valence-corrected chi connectivity index (χ4v) is 2.58. The molecule has 0 aromatic carbocycles. The number of hydrogen-bond donors (Lipinski definition) is 2. The second-order valence-corrected chi connectivity index (χ2v) is 5.64. The van der Waals surface area contributed by atoms with Gasteiger partial charge in [0.2, 0.25) is 0 Å². The van der Waals surface area contributed by atoms with Crippen molar-refractivity contribution < 1.29 is 4.74 Å². The number of nitrogens with one attached hydrogen (secondary N) is 2. The van der Waals surface area contributed by atoms with Crippen molar-refractivity contribution >= 4 is 28.7 Å². The van der Waals surface area contributed by atoms with Crippen LogP contribution in [0.2, 0.25) is 0 Å². The molecule has 5 heteroatoms. The summed E-state index contributed by atoms with van der Waals surface area (Å²) >= 11 is 7.03. The molecule has 0 amide bonds. The van der Waals surface area contributed by atoms with Crippen LogP contribution in [0.3, 0.4) is 0 Å². The number of thiophene rings is 1. The van der Waals surface area contributed by atoms with E-state index in [2.05, 4.69) is 36.6 Å². The molecule has 1 atom stereocenters. The van der Waals surface area contributed by atoms with Gasteiger partial charge in [0, 0.05) is 30.0 Å². The van der Waals surface area contributed by atoms with Crippen molar-refractivity contribution in [3.63, 3.8) is 0 Å². The molecule has 1 aromatic heterocycles. The van der Waals surface area contributed by atoms with Crippen molar-refractivity contribution in [3.05, 3.63) is 21.9 Å². The first-order valence-electron chi connectivity index (χ1n) is 5.73. The Labute approximate surface area is 113 Å². The maximum Gasteiger partial charge on any atom is 0.166 e. The quantitative estimate of drug-likeness (QED) is 0.616. The van der Waals surface area contributed by atoms with Crippen molar-refractivity contribution in [2.45, 2.75) is 26.3 Å². The molecule has 0 aliphatic rings. The van der Waals surface area contributed by atoms with Crippen LogP contribution in [0.1, 0.15) is 29.1 Å². The predicted octanol–water partition coefficient (Wildman–Crippen LogP) is 2.62. The Balaban J connectivity index is 2.26. The lowest BCUT2D eigenvalue weighted by atomic mass is 10.3. The zero-order valence-corrected chi connectivity index (χ0v) is 12.2. The van der Waals surface area contributed by atoms with Crippen molar-refractivity contribution in [2.24, 2.45) is 0 Å². The maximum absolute atomic E-state index is 5.23. The lowest BCUT2D eigenvalue weighted by Gasteiger charge is -2.15. The second-order valence-electron chi connectivity index (χ2n) is 3.92. The second kappa shape index (κ2) is 7.63. The highest BCUT2D eigenvalue weighted by atomic mass is 32.1. The van der Waals surface area contributed by atoms with Gasteiger partial charge in [-0.2, -0.15) is 0 Å². The van der Waals surface area contributed by atoms with Crippen LogP contribution in [-0.4, -0.2) is 25.4 Å². The van der Waals surface area contributed by atoms with E-state index >= 15 is 0 Å². The van der Waals surface area contributed by atoms with Gasteiger partial charge >= 0.3 is 0 Å². The minimum Gasteiger partial charge on any atom is -0.385 e. The van der Waals surface area contributed by atoms with Gasteiger partial charge in [0.1, 0.15) is 0 Å². The molecule has 0 aliphatic carbocycles. The summed E-state index contributed by atoms with van der Waals surface area (Å²) in [7, 11) is 1.71. The zero-order chi connectivity index (χ0) is 12.7. The Morgan fingerprint density at radius 3 is 2.88 bits per heavy atom. The maximum atomic E-state index is 5.23. The Morgan fingerprint density at radius 2 is 2.29 bits per heavy atom. The predicted molar refractivity (Wildman–Crippen MR) is 77.7 cm³/mol. The number of rotatable bonds is 6. The highest BCUT2D eigenvalue weighted by Gasteiger charge is 2.08. The van der Waals surface area contributed by atoms with E-state index in [9.17, 15) is 0 Å². The standard InChI is InChI=1S/C12H20N2OS2/c1-9-5-6-11(17-9)10(2)14-12(16)13-7-4-8-15-3/h5-6,10H,4,7-8H2,1-3H3,(H2,13,14,16). The van der Waals surface area contributed by atoms with E-state index in [1.165, 1.54) is 9.75 Å². The Hall–Kier alpha value is -0.650. The number of thiocarbonyl (C=S) groups is 1. The van der Waals surface area contributed by atoms with Gasteiger partial charge in [-0.05, 0) is 44.6 Å². The van der Waals surface area contributed by atoms with E-state index in [0.29, 0.717) is 5.11 Å². The third-order valence-electron chi connectivity index (χ3n) is 2.35. The Bertz CT molecular complexity index is 352. The lowest BCUT2D eigenvalue weighted by molar-refractivity contribution is 0.195. The summed E-state index contributed by atoms with van der Waals surface area (Å²) in [5.74, 6) is 0. The molecule has 1 aromatic rings. The molecule has 0 saturated carbocycles. The summed E-state index contributed by atoms with van der Waals surface area (Å²) < 4.78 is 4.97. The summed E-state index contributed by atoms with van der Waals surface area (Å²) in [6.07, 6.45) is 0.963. The largest absolute Gasteiger partial charge is 0.385 e. The van der Waals surface area contributed by atoms with E-state index in [1.54, 1.807) is 18.4 Å². The van der Waals surface area contributed by atoms with Crippen molar-refractivity contribution in [1.29, 1.82) is 0 Å². The number of aryl methyl sites for hydroxylation is 1.